The maximum atomic E-state index is 15.6. The fourth-order valence-electron chi connectivity index (χ4n) is 5.41. The predicted octanol–water partition coefficient (Wildman–Crippen LogP) is 5.03. The highest BCUT2D eigenvalue weighted by Gasteiger charge is 2.50. The van der Waals surface area contributed by atoms with E-state index in [0.717, 1.165) is 40.6 Å². The second kappa shape index (κ2) is 17.2. The number of amides is 3. The van der Waals surface area contributed by atoms with Crippen LogP contribution < -0.4 is 21.5 Å². The second-order valence-corrected chi connectivity index (χ2v) is 12.2. The Morgan fingerprint density at radius 2 is 1.52 bits per heavy atom. The number of carboxylic acid groups (broad SMARTS) is 1. The molecule has 0 aliphatic carbocycles. The van der Waals surface area contributed by atoms with E-state index < -0.39 is 54.0 Å². The molecule has 0 bridgehead atoms. The Morgan fingerprint density at radius 3 is 2.15 bits per heavy atom. The van der Waals surface area contributed by atoms with Crippen molar-refractivity contribution in [2.75, 3.05) is 10.6 Å². The summed E-state index contributed by atoms with van der Waals surface area (Å²) in [7, 11) is 0. The van der Waals surface area contributed by atoms with Gasteiger partial charge in [-0.15, -0.1) is 0 Å². The Labute approximate surface area is 307 Å². The number of carbonyl (C=O) groups is 4. The third kappa shape index (κ3) is 9.77. The van der Waals surface area contributed by atoms with Crippen molar-refractivity contribution in [2.45, 2.75) is 44.6 Å². The molecule has 1 aromatic heterocycles. The number of halogens is 2. The summed E-state index contributed by atoms with van der Waals surface area (Å²) in [6.07, 6.45) is -2.99. The zero-order valence-electron chi connectivity index (χ0n) is 28.7. The van der Waals surface area contributed by atoms with E-state index >= 15 is 8.78 Å². The number of aryl methyl sites for hydroxylation is 1. The summed E-state index contributed by atoms with van der Waals surface area (Å²) in [4.78, 5) is 68.4. The maximum Gasteiger partial charge on any atom is 0.412 e. The summed E-state index contributed by atoms with van der Waals surface area (Å²) in [5.41, 5.74) is 0.849. The number of hydrogen-bond acceptors (Lipinski definition) is 8. The molecule has 0 saturated carbocycles. The fourth-order valence-corrected chi connectivity index (χ4v) is 5.41. The van der Waals surface area contributed by atoms with Gasteiger partial charge in [0.25, 0.3) is 11.5 Å². The molecule has 15 heteroatoms. The minimum Gasteiger partial charge on any atom is -0.478 e. The largest absolute Gasteiger partial charge is 0.478 e. The minimum atomic E-state index is -4.48. The van der Waals surface area contributed by atoms with Gasteiger partial charge in [0, 0.05) is 11.3 Å². The first-order valence-corrected chi connectivity index (χ1v) is 16.5. The van der Waals surface area contributed by atoms with Crippen molar-refractivity contribution in [1.82, 2.24) is 14.9 Å². The smallest absolute Gasteiger partial charge is 0.412 e. The van der Waals surface area contributed by atoms with Crippen LogP contribution >= 0.6 is 0 Å². The molecule has 5 aromatic rings. The summed E-state index contributed by atoms with van der Waals surface area (Å²) < 4.78 is 37.4. The Morgan fingerprint density at radius 1 is 0.870 bits per heavy atom. The molecule has 2 unspecified atom stereocenters. The molecule has 0 aliphatic heterocycles. The van der Waals surface area contributed by atoms with Crippen molar-refractivity contribution in [1.29, 1.82) is 0 Å². The summed E-state index contributed by atoms with van der Waals surface area (Å²) in [5, 5.41) is 26.8. The zero-order valence-corrected chi connectivity index (χ0v) is 28.7. The summed E-state index contributed by atoms with van der Waals surface area (Å²) in [6, 6.07) is 26.4. The molecule has 0 aliphatic rings. The highest BCUT2D eigenvalue weighted by Crippen LogP contribution is 2.26. The highest BCUT2D eigenvalue weighted by molar-refractivity contribution is 5.97. The third-order valence-corrected chi connectivity index (χ3v) is 8.16. The van der Waals surface area contributed by atoms with Gasteiger partial charge in [-0.1, -0.05) is 84.4 Å². The van der Waals surface area contributed by atoms with Gasteiger partial charge in [0.2, 0.25) is 5.91 Å². The van der Waals surface area contributed by atoms with Crippen LogP contribution in [0.1, 0.15) is 27.0 Å². The van der Waals surface area contributed by atoms with E-state index in [2.05, 4.69) is 15.6 Å². The number of aromatic nitrogens is 2. The molecule has 4 aromatic carbocycles. The monoisotopic (exact) mass is 739 g/mol. The Balaban J connectivity index is 1.40. The number of benzene rings is 4. The number of aromatic carboxylic acids is 1. The molecule has 0 saturated heterocycles. The SMILES string of the molecule is Cc1cccc(-c2ncc(NC(=O)OCc3ccccc3)c(=O)n2CC(=O)NC(Cc2ccccc2)C(O)C(F)(F)C(=O)Nc2ccc(C(=O)O)cc2)c1. The average Bonchev–Trinajstić information content (AvgIpc) is 3.16. The molecule has 0 fully saturated rings. The quantitative estimate of drug-likeness (QED) is 0.104. The van der Waals surface area contributed by atoms with Crippen LogP contribution in [-0.4, -0.2) is 61.7 Å². The molecule has 13 nitrogen and oxygen atoms in total. The van der Waals surface area contributed by atoms with Crippen molar-refractivity contribution < 1.29 is 42.9 Å². The lowest BCUT2D eigenvalue weighted by Gasteiger charge is -2.30. The lowest BCUT2D eigenvalue weighted by molar-refractivity contribution is -0.162. The number of hydrogen-bond donors (Lipinski definition) is 5. The van der Waals surface area contributed by atoms with E-state index in [1.54, 1.807) is 91.9 Å². The van der Waals surface area contributed by atoms with Gasteiger partial charge in [-0.05, 0) is 54.8 Å². The van der Waals surface area contributed by atoms with Crippen LogP contribution in [0.5, 0.6) is 0 Å². The fraction of sp³-hybridized carbons (Fsp3) is 0.179. The van der Waals surface area contributed by atoms with E-state index in [-0.39, 0.29) is 35.8 Å². The van der Waals surface area contributed by atoms with Crippen molar-refractivity contribution >= 4 is 35.3 Å². The number of alkyl halides is 2. The van der Waals surface area contributed by atoms with Crippen molar-refractivity contribution in [3.63, 3.8) is 0 Å². The number of ether oxygens (including phenoxy) is 1. The summed E-state index contributed by atoms with van der Waals surface area (Å²) in [5.74, 6) is -8.64. The molecule has 2 atom stereocenters. The van der Waals surface area contributed by atoms with Crippen LogP contribution in [-0.2, 0) is 33.9 Å². The van der Waals surface area contributed by atoms with Crippen LogP contribution in [0.25, 0.3) is 11.4 Å². The van der Waals surface area contributed by atoms with Gasteiger partial charge < -0.3 is 25.6 Å². The van der Waals surface area contributed by atoms with E-state index in [9.17, 15) is 29.1 Å². The molecule has 5 N–H and O–H groups in total. The molecule has 5 rings (SSSR count). The van der Waals surface area contributed by atoms with Crippen LogP contribution in [0, 0.1) is 6.92 Å². The normalized spacial score (nSPS) is 12.2. The summed E-state index contributed by atoms with van der Waals surface area (Å²) in [6.45, 7) is 0.909. The number of rotatable bonds is 14. The van der Waals surface area contributed by atoms with E-state index in [0.29, 0.717) is 16.7 Å². The molecule has 3 amide bonds. The van der Waals surface area contributed by atoms with Gasteiger partial charge in [-0.3, -0.25) is 24.3 Å². The number of carboxylic acids is 1. The zero-order chi connectivity index (χ0) is 38.8. The molecule has 0 spiro atoms. The van der Waals surface area contributed by atoms with Crippen molar-refractivity contribution in [3.8, 4) is 11.4 Å². The summed E-state index contributed by atoms with van der Waals surface area (Å²) >= 11 is 0. The van der Waals surface area contributed by atoms with Crippen LogP contribution in [0.15, 0.2) is 120 Å². The highest BCUT2D eigenvalue weighted by atomic mass is 19.3. The predicted molar refractivity (Wildman–Crippen MR) is 194 cm³/mol. The van der Waals surface area contributed by atoms with Crippen LogP contribution in [0.4, 0.5) is 25.0 Å². The van der Waals surface area contributed by atoms with E-state index in [1.165, 1.54) is 0 Å². The van der Waals surface area contributed by atoms with Gasteiger partial charge in [-0.2, -0.15) is 8.78 Å². The van der Waals surface area contributed by atoms with Crippen LogP contribution in [0.2, 0.25) is 0 Å². The molecule has 278 valence electrons. The Kier molecular flexibility index (Phi) is 12.2. The van der Waals surface area contributed by atoms with Gasteiger partial charge in [0.05, 0.1) is 17.8 Å². The first-order valence-electron chi connectivity index (χ1n) is 16.5. The third-order valence-electron chi connectivity index (χ3n) is 8.16. The number of aliphatic hydroxyl groups is 1. The molecule has 0 radical (unpaired) electrons. The van der Waals surface area contributed by atoms with Gasteiger partial charge >= 0.3 is 18.0 Å². The number of nitrogens with zero attached hydrogens (tertiary/aromatic N) is 2. The van der Waals surface area contributed by atoms with E-state index in [4.69, 9.17) is 9.84 Å². The van der Waals surface area contributed by atoms with Gasteiger partial charge in [-0.25, -0.2) is 14.6 Å². The lowest BCUT2D eigenvalue weighted by atomic mass is 9.96. The molecule has 54 heavy (non-hydrogen) atoms. The standard InChI is InChI=1S/C39H35F2N5O8/c1-24-9-8-14-28(19-24)34-42-21-31(45-38(53)54-23-26-12-6-3-7-13-26)35(49)46(34)22-32(47)44-30(20-25-10-4-2-5-11-25)33(48)39(40,41)37(52)43-29-17-15-27(16-18-29)36(50)51/h2-19,21,30,33,48H,20,22-23H2,1H3,(H,43,52)(H,44,47)(H,45,53)(H,50,51). The Hall–Kier alpha value is -6.74. The molecular formula is C39H35F2N5O8. The first-order chi connectivity index (χ1) is 25.8. The van der Waals surface area contributed by atoms with Crippen LogP contribution in [0.3, 0.4) is 0 Å². The number of aliphatic hydroxyl groups excluding tert-OH is 1. The topological polar surface area (TPSA) is 189 Å². The average molecular weight is 740 g/mol. The molecule has 1 heterocycles. The Bertz CT molecular complexity index is 2180. The number of anilines is 2. The number of nitrogens with one attached hydrogen (secondary N) is 3. The lowest BCUT2D eigenvalue weighted by Crippen LogP contribution is -2.57. The maximum absolute atomic E-state index is 15.6. The van der Waals surface area contributed by atoms with Gasteiger partial charge in [0.1, 0.15) is 30.8 Å². The minimum absolute atomic E-state index is 0.0147. The van der Waals surface area contributed by atoms with Crippen molar-refractivity contribution in [3.05, 3.63) is 148 Å². The second-order valence-electron chi connectivity index (χ2n) is 12.2. The first kappa shape index (κ1) is 38.5. The molecular weight excluding hydrogens is 704 g/mol. The van der Waals surface area contributed by atoms with Gasteiger partial charge in [0.15, 0.2) is 0 Å². The van der Waals surface area contributed by atoms with Crippen molar-refractivity contribution in [2.24, 2.45) is 0 Å². The number of carbonyl (C=O) groups excluding carboxylic acids is 3. The van der Waals surface area contributed by atoms with E-state index in [1.807, 2.05) is 5.32 Å².